The highest BCUT2D eigenvalue weighted by molar-refractivity contribution is 6.14. The summed E-state index contributed by atoms with van der Waals surface area (Å²) in [6.07, 6.45) is 11.0. The van der Waals surface area contributed by atoms with Crippen LogP contribution in [0.3, 0.4) is 0 Å². The van der Waals surface area contributed by atoms with Crippen LogP contribution < -0.4 is 0 Å². The molecule has 0 bridgehead atoms. The summed E-state index contributed by atoms with van der Waals surface area (Å²) < 4.78 is 0. The van der Waals surface area contributed by atoms with Crippen molar-refractivity contribution in [3.63, 3.8) is 0 Å². The Morgan fingerprint density at radius 2 is 1.87 bits per heavy atom. The fourth-order valence-electron chi connectivity index (χ4n) is 1.74. The maximum atomic E-state index is 3.75. The largest absolute Gasteiger partial charge is 0.111 e. The molecule has 0 saturated heterocycles. The Hall–Kier alpha value is -0.975. The molecular formula is C14H23B. The summed E-state index contributed by atoms with van der Waals surface area (Å²) in [7, 11) is 2.26. The Labute approximate surface area is 95.9 Å². The maximum absolute atomic E-state index is 3.75. The lowest BCUT2D eigenvalue weighted by Crippen LogP contribution is -2.10. The molecule has 0 spiro atoms. The Bertz CT molecular complexity index is 264. The van der Waals surface area contributed by atoms with E-state index in [4.69, 9.17) is 0 Å². The Kier molecular flexibility index (Phi) is 6.08. The van der Waals surface area contributed by atoms with Crippen LogP contribution in [0.5, 0.6) is 0 Å². The van der Waals surface area contributed by atoms with E-state index in [1.54, 1.807) is 6.08 Å². The second-order valence-electron chi connectivity index (χ2n) is 5.16. The van der Waals surface area contributed by atoms with Crippen LogP contribution in [0, 0.1) is 5.41 Å². The van der Waals surface area contributed by atoms with Gasteiger partial charge in [-0.05, 0) is 17.7 Å². The molecule has 15 heavy (non-hydrogen) atoms. The van der Waals surface area contributed by atoms with Crippen molar-refractivity contribution in [2.24, 2.45) is 5.41 Å². The highest BCUT2D eigenvalue weighted by Crippen LogP contribution is 2.31. The van der Waals surface area contributed by atoms with Crippen LogP contribution >= 0.6 is 0 Å². The van der Waals surface area contributed by atoms with E-state index < -0.39 is 0 Å². The van der Waals surface area contributed by atoms with Gasteiger partial charge in [0.15, 0.2) is 0 Å². The summed E-state index contributed by atoms with van der Waals surface area (Å²) in [5.41, 5.74) is 1.68. The number of hydrogen-bond donors (Lipinski definition) is 0. The molecule has 0 aliphatic carbocycles. The second-order valence-corrected chi connectivity index (χ2v) is 5.16. The predicted octanol–water partition coefficient (Wildman–Crippen LogP) is 3.70. The molecule has 0 amide bonds. The minimum atomic E-state index is 0.363. The van der Waals surface area contributed by atoms with Gasteiger partial charge in [-0.3, -0.25) is 0 Å². The molecule has 0 rings (SSSR count). The third kappa shape index (κ3) is 7.01. The molecule has 0 fully saturated rings. The normalized spacial score (nSPS) is 15.3. The van der Waals surface area contributed by atoms with E-state index in [0.717, 1.165) is 0 Å². The molecule has 0 radical (unpaired) electrons. The van der Waals surface area contributed by atoms with Gasteiger partial charge in [-0.2, -0.15) is 0 Å². The van der Waals surface area contributed by atoms with Crippen molar-refractivity contribution in [2.45, 2.75) is 33.0 Å². The Morgan fingerprint density at radius 1 is 1.27 bits per heavy atom. The first-order valence-electron chi connectivity index (χ1n) is 5.52. The monoisotopic (exact) mass is 202 g/mol. The zero-order valence-electron chi connectivity index (χ0n) is 10.6. The van der Waals surface area contributed by atoms with Crippen molar-refractivity contribution in [3.05, 3.63) is 49.1 Å². The van der Waals surface area contributed by atoms with E-state index in [1.165, 1.54) is 12.0 Å². The van der Waals surface area contributed by atoms with Crippen LogP contribution in [0.4, 0.5) is 0 Å². The summed E-state index contributed by atoms with van der Waals surface area (Å²) >= 11 is 0. The van der Waals surface area contributed by atoms with Gasteiger partial charge in [0.2, 0.25) is 0 Å². The molecule has 82 valence electrons. The molecule has 1 heteroatoms. The third-order valence-corrected chi connectivity index (χ3v) is 2.22. The Balaban J connectivity index is 4.64. The number of rotatable bonds is 5. The molecular weight excluding hydrogens is 179 g/mol. The first-order valence-corrected chi connectivity index (χ1v) is 5.52. The van der Waals surface area contributed by atoms with Gasteiger partial charge in [-0.1, -0.05) is 69.9 Å². The quantitative estimate of drug-likeness (QED) is 0.471. The van der Waals surface area contributed by atoms with Gasteiger partial charge < -0.3 is 0 Å². The fourth-order valence-corrected chi connectivity index (χ4v) is 1.74. The van der Waals surface area contributed by atoms with Gasteiger partial charge in [0, 0.05) is 0 Å². The van der Waals surface area contributed by atoms with Gasteiger partial charge in [-0.25, -0.2) is 0 Å². The van der Waals surface area contributed by atoms with E-state index in [9.17, 15) is 0 Å². The lowest BCUT2D eigenvalue weighted by atomic mass is 9.70. The highest BCUT2D eigenvalue weighted by Gasteiger charge is 2.16. The topological polar surface area (TPSA) is 0 Å². The van der Waals surface area contributed by atoms with Crippen molar-refractivity contribution in [1.82, 2.24) is 0 Å². The van der Waals surface area contributed by atoms with Gasteiger partial charge in [-0.15, -0.1) is 0 Å². The number of allylic oxidation sites excluding steroid dienone is 6. The second kappa shape index (κ2) is 6.50. The SMILES string of the molecule is BC(CC(C)(C)C)C(/C=C\C=C)=C/C=C. The van der Waals surface area contributed by atoms with Gasteiger partial charge in [0.1, 0.15) is 7.85 Å². The minimum Gasteiger partial charge on any atom is -0.0991 e. The average molecular weight is 202 g/mol. The average Bonchev–Trinajstić information content (AvgIpc) is 2.09. The summed E-state index contributed by atoms with van der Waals surface area (Å²) in [5.74, 6) is 0.555. The van der Waals surface area contributed by atoms with Gasteiger partial charge >= 0.3 is 0 Å². The fraction of sp³-hybridized carbons (Fsp3) is 0.429. The van der Waals surface area contributed by atoms with E-state index in [1.807, 2.05) is 12.2 Å². The molecule has 1 unspecified atom stereocenters. The summed E-state index contributed by atoms with van der Waals surface area (Å²) in [6, 6.07) is 0. The first-order chi connectivity index (χ1) is 6.90. The molecule has 0 aliphatic rings. The molecule has 0 aromatic rings. The third-order valence-electron chi connectivity index (χ3n) is 2.22. The van der Waals surface area contributed by atoms with Crippen molar-refractivity contribution in [3.8, 4) is 0 Å². The number of hydrogen-bond acceptors (Lipinski definition) is 0. The van der Waals surface area contributed by atoms with Crippen molar-refractivity contribution < 1.29 is 0 Å². The highest BCUT2D eigenvalue weighted by atomic mass is 14.2. The molecule has 0 N–H and O–H groups in total. The molecule has 0 aromatic carbocycles. The first kappa shape index (κ1) is 14.0. The van der Waals surface area contributed by atoms with Crippen LogP contribution in [0.25, 0.3) is 0 Å². The van der Waals surface area contributed by atoms with Crippen LogP contribution in [0.15, 0.2) is 49.1 Å². The van der Waals surface area contributed by atoms with Crippen LogP contribution in [-0.2, 0) is 0 Å². The van der Waals surface area contributed by atoms with Gasteiger partial charge in [0.25, 0.3) is 0 Å². The zero-order chi connectivity index (χ0) is 11.9. The summed E-state index contributed by atoms with van der Waals surface area (Å²) in [5, 5.41) is 0. The van der Waals surface area contributed by atoms with Gasteiger partial charge in [0.05, 0.1) is 0 Å². The van der Waals surface area contributed by atoms with Crippen molar-refractivity contribution in [1.29, 1.82) is 0 Å². The standard InChI is InChI=1S/C14H23B/c1-6-8-10-12(9-7-2)13(15)11-14(3,4)5/h6-10,13H,1-2,11,15H2,3-5H3/b10-8-,12-9+. The van der Waals surface area contributed by atoms with Crippen LogP contribution in [-0.4, -0.2) is 7.85 Å². The molecule has 0 nitrogen and oxygen atoms in total. The molecule has 1 atom stereocenters. The minimum absolute atomic E-state index is 0.363. The molecule has 0 aromatic heterocycles. The van der Waals surface area contributed by atoms with E-state index in [0.29, 0.717) is 11.2 Å². The lowest BCUT2D eigenvalue weighted by Gasteiger charge is -2.24. The molecule has 0 aliphatic heterocycles. The predicted molar refractivity (Wildman–Crippen MR) is 74.0 cm³/mol. The zero-order valence-corrected chi connectivity index (χ0v) is 10.6. The van der Waals surface area contributed by atoms with Crippen molar-refractivity contribution in [2.75, 3.05) is 0 Å². The summed E-state index contributed by atoms with van der Waals surface area (Å²) in [6.45, 7) is 14.2. The van der Waals surface area contributed by atoms with Crippen LogP contribution in [0.2, 0.25) is 5.82 Å². The van der Waals surface area contributed by atoms with E-state index in [2.05, 4.69) is 53.9 Å². The molecule has 0 saturated carbocycles. The lowest BCUT2D eigenvalue weighted by molar-refractivity contribution is 0.379. The van der Waals surface area contributed by atoms with Crippen molar-refractivity contribution >= 4 is 7.85 Å². The Morgan fingerprint density at radius 3 is 2.27 bits per heavy atom. The van der Waals surface area contributed by atoms with Crippen LogP contribution in [0.1, 0.15) is 27.2 Å². The van der Waals surface area contributed by atoms with E-state index in [-0.39, 0.29) is 0 Å². The molecule has 0 heterocycles. The smallest absolute Gasteiger partial charge is 0.0991 e. The maximum Gasteiger partial charge on any atom is 0.111 e. The van der Waals surface area contributed by atoms with E-state index >= 15 is 0 Å². The summed E-state index contributed by atoms with van der Waals surface area (Å²) in [4.78, 5) is 0.